The maximum Gasteiger partial charge on any atom is 0.315 e. The zero-order valence-electron chi connectivity index (χ0n) is 16.5. The first-order valence-electron chi connectivity index (χ1n) is 9.58. The van der Waals surface area contributed by atoms with E-state index in [1.165, 1.54) is 16.2 Å². The molecule has 1 aromatic rings. The first-order valence-corrected chi connectivity index (χ1v) is 10.4. The van der Waals surface area contributed by atoms with Crippen molar-refractivity contribution < 1.29 is 24.0 Å². The number of hydrogen-bond donors (Lipinski definition) is 5. The predicted molar refractivity (Wildman–Crippen MR) is 108 cm³/mol. The minimum Gasteiger partial charge on any atom is -0.353 e. The third-order valence-corrected chi connectivity index (χ3v) is 5.90. The van der Waals surface area contributed by atoms with Crippen molar-refractivity contribution in [1.82, 2.24) is 31.5 Å². The maximum atomic E-state index is 12.7. The Morgan fingerprint density at radius 3 is 2.67 bits per heavy atom. The second kappa shape index (κ2) is 9.67. The Hall–Kier alpha value is -2.99. The number of urea groups is 1. The average molecular weight is 436 g/mol. The molecule has 1 atom stereocenters. The number of rotatable bonds is 8. The smallest absolute Gasteiger partial charge is 0.315 e. The van der Waals surface area contributed by atoms with Gasteiger partial charge in [0, 0.05) is 30.9 Å². The predicted octanol–water partition coefficient (Wildman–Crippen LogP) is -1.36. The molecule has 162 valence electrons. The molecule has 3 heterocycles. The fraction of sp³-hybridized carbons (Fsp3) is 0.500. The third-order valence-electron chi connectivity index (χ3n) is 4.74. The van der Waals surface area contributed by atoms with Gasteiger partial charge in [0.25, 0.3) is 5.91 Å². The third kappa shape index (κ3) is 5.13. The van der Waals surface area contributed by atoms with Gasteiger partial charge in [0.15, 0.2) is 0 Å². The van der Waals surface area contributed by atoms with Crippen LogP contribution < -0.4 is 26.6 Å². The molecule has 30 heavy (non-hydrogen) atoms. The molecule has 0 spiro atoms. The van der Waals surface area contributed by atoms with Crippen LogP contribution in [0.1, 0.15) is 33.0 Å². The summed E-state index contributed by atoms with van der Waals surface area (Å²) in [5, 5.41) is 13.0. The van der Waals surface area contributed by atoms with Gasteiger partial charge in [0.05, 0.1) is 18.0 Å². The van der Waals surface area contributed by atoms with E-state index in [1.807, 2.05) is 6.07 Å². The number of likely N-dealkylation sites (N-methyl/N-ethyl adjacent to an activating group) is 1. The van der Waals surface area contributed by atoms with Crippen molar-refractivity contribution in [1.29, 1.82) is 0 Å². The van der Waals surface area contributed by atoms with E-state index in [1.54, 1.807) is 7.05 Å². The number of nitrogens with zero attached hydrogens (tertiary/aromatic N) is 1. The van der Waals surface area contributed by atoms with Gasteiger partial charge in [0.2, 0.25) is 17.7 Å². The summed E-state index contributed by atoms with van der Waals surface area (Å²) in [6.45, 7) is 1.42. The maximum absolute atomic E-state index is 12.7. The highest BCUT2D eigenvalue weighted by Gasteiger charge is 2.40. The molecule has 6 amide bonds. The number of carbonyl (C=O) groups is 5. The molecule has 0 radical (unpaired) electrons. The molecule has 2 aliphatic rings. The van der Waals surface area contributed by atoms with Crippen molar-refractivity contribution in [2.75, 3.05) is 26.7 Å². The highest BCUT2D eigenvalue weighted by molar-refractivity contribution is 7.14. The van der Waals surface area contributed by atoms with Gasteiger partial charge in [-0.3, -0.25) is 24.5 Å². The van der Waals surface area contributed by atoms with Gasteiger partial charge in [-0.25, -0.2) is 4.79 Å². The van der Waals surface area contributed by atoms with E-state index in [9.17, 15) is 24.0 Å². The standard InChI is InChI=1S/C18H24N6O5S/c1-19-8-14(26)20-4-5-21-18(29)22-7-11-6-10-9-24(17(28)15(10)30-11)12-2-3-13(25)23-16(12)27/h6,12,19H,2-5,7-9H2,1H3,(H,20,26)(H2,21,22,29)(H,23,25,27). The van der Waals surface area contributed by atoms with Gasteiger partial charge in [-0.1, -0.05) is 0 Å². The molecule has 2 aliphatic heterocycles. The number of imide groups is 1. The van der Waals surface area contributed by atoms with Crippen molar-refractivity contribution >= 4 is 41.0 Å². The van der Waals surface area contributed by atoms with E-state index >= 15 is 0 Å². The number of carbonyl (C=O) groups excluding carboxylic acids is 5. The molecule has 5 N–H and O–H groups in total. The lowest BCUT2D eigenvalue weighted by Crippen LogP contribution is -2.52. The molecule has 0 aromatic carbocycles. The number of fused-ring (bicyclic) bond motifs is 1. The summed E-state index contributed by atoms with van der Waals surface area (Å²) < 4.78 is 0. The zero-order chi connectivity index (χ0) is 21.7. The topological polar surface area (TPSA) is 149 Å². The molecule has 3 rings (SSSR count). The summed E-state index contributed by atoms with van der Waals surface area (Å²) in [6, 6.07) is 0.848. The average Bonchev–Trinajstić information content (AvgIpc) is 3.23. The molecular weight excluding hydrogens is 412 g/mol. The number of hydrogen-bond acceptors (Lipinski definition) is 7. The van der Waals surface area contributed by atoms with Gasteiger partial charge in [-0.05, 0) is 25.1 Å². The molecular formula is C18H24N6O5S. The van der Waals surface area contributed by atoms with Crippen molar-refractivity contribution in [3.63, 3.8) is 0 Å². The van der Waals surface area contributed by atoms with Crippen LogP contribution in [0.5, 0.6) is 0 Å². The second-order valence-corrected chi connectivity index (χ2v) is 8.09. The Kier molecular flexibility index (Phi) is 7.00. The van der Waals surface area contributed by atoms with Gasteiger partial charge >= 0.3 is 6.03 Å². The number of nitrogens with one attached hydrogen (secondary N) is 5. The van der Waals surface area contributed by atoms with Crippen LogP contribution in [0, 0.1) is 0 Å². The summed E-state index contributed by atoms with van der Waals surface area (Å²) in [5.74, 6) is -1.12. The van der Waals surface area contributed by atoms with Crippen LogP contribution in [0.25, 0.3) is 0 Å². The lowest BCUT2D eigenvalue weighted by atomic mass is 10.0. The molecule has 0 bridgehead atoms. The Bertz CT molecular complexity index is 869. The van der Waals surface area contributed by atoms with Crippen molar-refractivity contribution in [2.24, 2.45) is 0 Å². The largest absolute Gasteiger partial charge is 0.353 e. The van der Waals surface area contributed by atoms with Gasteiger partial charge in [-0.2, -0.15) is 0 Å². The Labute approximate surface area is 176 Å². The Balaban J connectivity index is 1.43. The highest BCUT2D eigenvalue weighted by atomic mass is 32.1. The minimum absolute atomic E-state index is 0.149. The van der Waals surface area contributed by atoms with E-state index in [0.29, 0.717) is 30.9 Å². The van der Waals surface area contributed by atoms with Crippen LogP contribution in [0.3, 0.4) is 0 Å². The number of piperidine rings is 1. The molecule has 12 heteroatoms. The minimum atomic E-state index is -0.629. The van der Waals surface area contributed by atoms with Crippen molar-refractivity contribution in [2.45, 2.75) is 32.0 Å². The first kappa shape index (κ1) is 21.7. The fourth-order valence-corrected chi connectivity index (χ4v) is 4.39. The molecule has 11 nitrogen and oxygen atoms in total. The Morgan fingerprint density at radius 2 is 1.97 bits per heavy atom. The van der Waals surface area contributed by atoms with Crippen molar-refractivity contribution in [3.8, 4) is 0 Å². The summed E-state index contributed by atoms with van der Waals surface area (Å²) in [6.07, 6.45) is 0.548. The lowest BCUT2D eigenvalue weighted by Gasteiger charge is -2.29. The van der Waals surface area contributed by atoms with Crippen molar-refractivity contribution in [3.05, 3.63) is 21.4 Å². The SMILES string of the molecule is CNCC(=O)NCCNC(=O)NCc1cc2c(s1)C(=O)N(C1CCC(=O)NC1=O)C2. The fourth-order valence-electron chi connectivity index (χ4n) is 3.32. The number of thiophene rings is 1. The summed E-state index contributed by atoms with van der Waals surface area (Å²) in [5.41, 5.74) is 0.819. The normalized spacial score (nSPS) is 18.1. The van der Waals surface area contributed by atoms with Gasteiger partial charge in [0.1, 0.15) is 6.04 Å². The van der Waals surface area contributed by atoms with E-state index in [4.69, 9.17) is 0 Å². The van der Waals surface area contributed by atoms with E-state index < -0.39 is 11.9 Å². The molecule has 0 aliphatic carbocycles. The van der Waals surface area contributed by atoms with Crippen LogP contribution in [0.15, 0.2) is 6.07 Å². The monoisotopic (exact) mass is 436 g/mol. The molecule has 1 unspecified atom stereocenters. The van der Waals surface area contributed by atoms with Crippen LogP contribution in [-0.2, 0) is 27.5 Å². The summed E-state index contributed by atoms with van der Waals surface area (Å²) >= 11 is 1.28. The molecule has 1 saturated heterocycles. The summed E-state index contributed by atoms with van der Waals surface area (Å²) in [7, 11) is 1.67. The summed E-state index contributed by atoms with van der Waals surface area (Å²) in [4.78, 5) is 62.0. The molecule has 1 fully saturated rings. The van der Waals surface area contributed by atoms with Gasteiger partial charge in [-0.15, -0.1) is 11.3 Å². The van der Waals surface area contributed by atoms with Crippen LogP contribution >= 0.6 is 11.3 Å². The quantitative estimate of drug-likeness (QED) is 0.251. The zero-order valence-corrected chi connectivity index (χ0v) is 17.3. The number of amides is 6. The first-order chi connectivity index (χ1) is 14.4. The van der Waals surface area contributed by atoms with E-state index in [0.717, 1.165) is 10.4 Å². The van der Waals surface area contributed by atoms with Crippen LogP contribution in [0.2, 0.25) is 0 Å². The highest BCUT2D eigenvalue weighted by Crippen LogP contribution is 2.33. The lowest BCUT2D eigenvalue weighted by molar-refractivity contribution is -0.137. The van der Waals surface area contributed by atoms with Crippen LogP contribution in [0.4, 0.5) is 4.79 Å². The van der Waals surface area contributed by atoms with Crippen LogP contribution in [-0.4, -0.2) is 67.3 Å². The second-order valence-electron chi connectivity index (χ2n) is 6.96. The van der Waals surface area contributed by atoms with E-state index in [-0.39, 0.29) is 43.3 Å². The van der Waals surface area contributed by atoms with Gasteiger partial charge < -0.3 is 26.2 Å². The molecule has 1 aromatic heterocycles. The van der Waals surface area contributed by atoms with E-state index in [2.05, 4.69) is 26.6 Å². The Morgan fingerprint density at radius 1 is 1.20 bits per heavy atom. The molecule has 0 saturated carbocycles.